The molecular formula is C22H25NO5. The van der Waals surface area contributed by atoms with E-state index in [1.807, 2.05) is 66.7 Å². The Morgan fingerprint density at radius 2 is 1.57 bits per heavy atom. The van der Waals surface area contributed by atoms with Crippen LogP contribution in [0, 0.1) is 0 Å². The molecule has 0 spiro atoms. The Kier molecular flexibility index (Phi) is 7.61. The first-order chi connectivity index (χ1) is 13.7. The minimum atomic E-state index is -0.773. The third kappa shape index (κ3) is 6.20. The van der Waals surface area contributed by atoms with E-state index in [2.05, 4.69) is 0 Å². The molecule has 2 aromatic carbocycles. The lowest BCUT2D eigenvalue weighted by molar-refractivity contribution is -0.100. The molecule has 0 bridgehead atoms. The van der Waals surface area contributed by atoms with E-state index >= 15 is 0 Å². The minimum absolute atomic E-state index is 0.117. The summed E-state index contributed by atoms with van der Waals surface area (Å²) in [5.41, 5.74) is 1.98. The Labute approximate surface area is 164 Å². The van der Waals surface area contributed by atoms with Gasteiger partial charge in [-0.1, -0.05) is 72.8 Å². The van der Waals surface area contributed by atoms with Gasteiger partial charge < -0.3 is 14.2 Å². The highest BCUT2D eigenvalue weighted by Crippen LogP contribution is 2.19. The number of hydrogen-bond acceptors (Lipinski definition) is 5. The van der Waals surface area contributed by atoms with Crippen molar-refractivity contribution < 1.29 is 24.2 Å². The van der Waals surface area contributed by atoms with Gasteiger partial charge in [0.1, 0.15) is 6.61 Å². The van der Waals surface area contributed by atoms with E-state index in [1.54, 1.807) is 6.08 Å². The zero-order chi connectivity index (χ0) is 19.6. The largest absolute Gasteiger partial charge is 0.443 e. The van der Waals surface area contributed by atoms with E-state index < -0.39 is 12.1 Å². The third-order valence-electron chi connectivity index (χ3n) is 4.40. The van der Waals surface area contributed by atoms with E-state index in [4.69, 9.17) is 14.2 Å². The van der Waals surface area contributed by atoms with Crippen LogP contribution in [-0.2, 0) is 27.4 Å². The summed E-state index contributed by atoms with van der Waals surface area (Å²) in [4.78, 5) is 12.0. The second-order valence-corrected chi connectivity index (χ2v) is 6.52. The molecule has 0 heterocycles. The van der Waals surface area contributed by atoms with Crippen molar-refractivity contribution in [3.63, 3.8) is 0 Å². The molecule has 0 aliphatic heterocycles. The summed E-state index contributed by atoms with van der Waals surface area (Å²) in [6.45, 7) is 1.58. The van der Waals surface area contributed by atoms with Crippen LogP contribution in [0.3, 0.4) is 0 Å². The van der Waals surface area contributed by atoms with Crippen molar-refractivity contribution in [3.8, 4) is 0 Å². The summed E-state index contributed by atoms with van der Waals surface area (Å²) in [6, 6.07) is 18.8. The molecule has 1 N–H and O–H groups in total. The monoisotopic (exact) mass is 383 g/mol. The maximum atomic E-state index is 12.0. The van der Waals surface area contributed by atoms with Crippen LogP contribution in [0.5, 0.6) is 0 Å². The Hall–Kier alpha value is -2.67. The molecule has 0 saturated heterocycles. The summed E-state index contributed by atoms with van der Waals surface area (Å²) >= 11 is 0. The molecule has 0 aromatic heterocycles. The maximum Gasteiger partial charge on any atom is 0.434 e. The van der Waals surface area contributed by atoms with E-state index in [9.17, 15) is 10.0 Å². The standard InChI is InChI=1S/C22H25NO5/c24-22(28-17-19-9-5-2-6-10-19)23(25)20-11-12-21(15-20)27-14-13-26-16-18-7-3-1-4-8-18/h1-12,20-21,25H,13-17H2/t20-,21+/m0/s1. The van der Waals surface area contributed by atoms with Crippen LogP contribution in [0.1, 0.15) is 17.5 Å². The van der Waals surface area contributed by atoms with Gasteiger partial charge in [-0.3, -0.25) is 5.21 Å². The fourth-order valence-corrected chi connectivity index (χ4v) is 2.90. The maximum absolute atomic E-state index is 12.0. The zero-order valence-electron chi connectivity index (χ0n) is 15.6. The molecule has 0 unspecified atom stereocenters. The SMILES string of the molecule is O=C(OCc1ccccc1)N(O)[C@H]1C=C[C@@H](OCCOCc2ccccc2)C1. The summed E-state index contributed by atoms with van der Waals surface area (Å²) in [5.74, 6) is 0. The first-order valence-electron chi connectivity index (χ1n) is 9.33. The first kappa shape index (κ1) is 20.1. The van der Waals surface area contributed by atoms with E-state index in [0.717, 1.165) is 11.1 Å². The highest BCUT2D eigenvalue weighted by Gasteiger charge is 2.28. The number of hydroxylamine groups is 2. The van der Waals surface area contributed by atoms with E-state index in [-0.39, 0.29) is 12.7 Å². The van der Waals surface area contributed by atoms with Crippen LogP contribution in [0.15, 0.2) is 72.8 Å². The zero-order valence-corrected chi connectivity index (χ0v) is 15.6. The normalized spacial score (nSPS) is 18.2. The number of benzene rings is 2. The van der Waals surface area contributed by atoms with Crippen molar-refractivity contribution in [2.75, 3.05) is 13.2 Å². The predicted molar refractivity (Wildman–Crippen MR) is 104 cm³/mol. The topological polar surface area (TPSA) is 68.2 Å². The van der Waals surface area contributed by atoms with Gasteiger partial charge in [-0.25, -0.2) is 4.79 Å². The van der Waals surface area contributed by atoms with Gasteiger partial charge in [-0.05, 0) is 11.1 Å². The molecule has 148 valence electrons. The number of carbonyl (C=O) groups excluding carboxylic acids is 1. The Balaban J connectivity index is 1.31. The van der Waals surface area contributed by atoms with Gasteiger partial charge in [0.25, 0.3) is 0 Å². The van der Waals surface area contributed by atoms with Crippen LogP contribution in [-0.4, -0.2) is 41.7 Å². The number of nitrogens with zero attached hydrogens (tertiary/aromatic N) is 1. The molecule has 2 atom stereocenters. The smallest absolute Gasteiger partial charge is 0.434 e. The average molecular weight is 383 g/mol. The molecule has 0 radical (unpaired) electrons. The molecule has 6 nitrogen and oxygen atoms in total. The number of hydrogen-bond donors (Lipinski definition) is 1. The van der Waals surface area contributed by atoms with Crippen LogP contribution in [0.4, 0.5) is 4.79 Å². The Morgan fingerprint density at radius 1 is 0.929 bits per heavy atom. The highest BCUT2D eigenvalue weighted by atomic mass is 16.6. The molecule has 0 saturated carbocycles. The highest BCUT2D eigenvalue weighted by molar-refractivity contribution is 5.67. The van der Waals surface area contributed by atoms with Crippen molar-refractivity contribution in [2.24, 2.45) is 0 Å². The molecule has 6 heteroatoms. The Bertz CT molecular complexity index is 750. The minimum Gasteiger partial charge on any atom is -0.443 e. The van der Waals surface area contributed by atoms with Gasteiger partial charge in [-0.15, -0.1) is 0 Å². The van der Waals surface area contributed by atoms with Gasteiger partial charge in [0.05, 0.1) is 32.0 Å². The van der Waals surface area contributed by atoms with E-state index in [0.29, 0.717) is 31.3 Å². The number of ether oxygens (including phenoxy) is 3. The number of amides is 1. The lowest BCUT2D eigenvalue weighted by Crippen LogP contribution is -2.36. The lowest BCUT2D eigenvalue weighted by Gasteiger charge is -2.21. The van der Waals surface area contributed by atoms with Gasteiger partial charge in [0, 0.05) is 6.42 Å². The number of carbonyl (C=O) groups is 1. The lowest BCUT2D eigenvalue weighted by atomic mass is 10.2. The summed E-state index contributed by atoms with van der Waals surface area (Å²) in [5, 5.41) is 10.7. The van der Waals surface area contributed by atoms with Crippen LogP contribution < -0.4 is 0 Å². The molecule has 1 aliphatic rings. The van der Waals surface area contributed by atoms with Gasteiger partial charge in [-0.2, -0.15) is 5.06 Å². The van der Waals surface area contributed by atoms with Crippen molar-refractivity contribution >= 4 is 6.09 Å². The van der Waals surface area contributed by atoms with Crippen molar-refractivity contribution in [2.45, 2.75) is 31.8 Å². The molecular weight excluding hydrogens is 358 g/mol. The summed E-state index contributed by atoms with van der Waals surface area (Å²) < 4.78 is 16.4. The predicted octanol–water partition coefficient (Wildman–Crippen LogP) is 3.94. The van der Waals surface area contributed by atoms with Crippen LogP contribution in [0.25, 0.3) is 0 Å². The summed E-state index contributed by atoms with van der Waals surface area (Å²) in [7, 11) is 0. The van der Waals surface area contributed by atoms with Crippen LogP contribution >= 0.6 is 0 Å². The quantitative estimate of drug-likeness (QED) is 0.307. The second-order valence-electron chi connectivity index (χ2n) is 6.52. The van der Waals surface area contributed by atoms with Crippen molar-refractivity contribution in [1.82, 2.24) is 5.06 Å². The van der Waals surface area contributed by atoms with Gasteiger partial charge >= 0.3 is 6.09 Å². The average Bonchev–Trinajstić information content (AvgIpc) is 3.21. The fourth-order valence-electron chi connectivity index (χ4n) is 2.90. The number of rotatable bonds is 9. The molecule has 3 rings (SSSR count). The summed E-state index contributed by atoms with van der Waals surface area (Å²) in [6.07, 6.45) is 3.14. The molecule has 2 aromatic rings. The third-order valence-corrected chi connectivity index (χ3v) is 4.40. The van der Waals surface area contributed by atoms with Crippen molar-refractivity contribution in [1.29, 1.82) is 0 Å². The molecule has 28 heavy (non-hydrogen) atoms. The molecule has 0 fully saturated rings. The fraction of sp³-hybridized carbons (Fsp3) is 0.318. The van der Waals surface area contributed by atoms with Gasteiger partial charge in [0.15, 0.2) is 0 Å². The first-order valence-corrected chi connectivity index (χ1v) is 9.33. The van der Waals surface area contributed by atoms with E-state index in [1.165, 1.54) is 0 Å². The molecule has 1 aliphatic carbocycles. The second kappa shape index (κ2) is 10.6. The van der Waals surface area contributed by atoms with Crippen molar-refractivity contribution in [3.05, 3.63) is 83.9 Å². The Morgan fingerprint density at radius 3 is 2.25 bits per heavy atom. The van der Waals surface area contributed by atoms with Crippen LogP contribution in [0.2, 0.25) is 0 Å². The van der Waals surface area contributed by atoms with Gasteiger partial charge in [0.2, 0.25) is 0 Å². The molecule has 1 amide bonds.